The zero-order valence-electron chi connectivity index (χ0n) is 16.5. The molecule has 1 aromatic rings. The molecule has 2 heterocycles. The van der Waals surface area contributed by atoms with Gasteiger partial charge in [-0.15, -0.1) is 0 Å². The molecule has 0 atom stereocenters. The van der Waals surface area contributed by atoms with E-state index in [9.17, 15) is 10.1 Å². The normalized spacial score (nSPS) is 22.2. The van der Waals surface area contributed by atoms with Crippen molar-refractivity contribution in [1.82, 2.24) is 14.7 Å². The quantitative estimate of drug-likeness (QED) is 0.822. The summed E-state index contributed by atoms with van der Waals surface area (Å²) in [6, 6.07) is 2.38. The second-order valence-electron chi connectivity index (χ2n) is 8.93. The summed E-state index contributed by atoms with van der Waals surface area (Å²) in [4.78, 5) is 15.0. The highest BCUT2D eigenvalue weighted by molar-refractivity contribution is 5.85. The lowest BCUT2D eigenvalue weighted by atomic mass is 9.73. The molecule has 2 aliphatic rings. The highest BCUT2D eigenvalue weighted by Crippen LogP contribution is 2.39. The summed E-state index contributed by atoms with van der Waals surface area (Å²) < 4.78 is 2.10. The summed E-state index contributed by atoms with van der Waals surface area (Å²) in [6.07, 6.45) is 11.6. The van der Waals surface area contributed by atoms with Gasteiger partial charge in [0, 0.05) is 19.3 Å². The number of rotatable bonds is 4. The number of amides is 1. The average Bonchev–Trinajstić information content (AvgIpc) is 3.11. The van der Waals surface area contributed by atoms with Gasteiger partial charge in [0.15, 0.2) is 0 Å². The van der Waals surface area contributed by atoms with E-state index in [4.69, 9.17) is 0 Å². The van der Waals surface area contributed by atoms with Gasteiger partial charge in [0.25, 0.3) is 0 Å². The van der Waals surface area contributed by atoms with Gasteiger partial charge >= 0.3 is 0 Å². The Bertz CT molecular complexity index is 670. The third kappa shape index (κ3) is 3.65. The van der Waals surface area contributed by atoms with Crippen LogP contribution in [0.2, 0.25) is 0 Å². The van der Waals surface area contributed by atoms with Crippen molar-refractivity contribution in [2.45, 2.75) is 77.7 Å². The lowest BCUT2D eigenvalue weighted by Gasteiger charge is -2.42. The Morgan fingerprint density at radius 1 is 1.23 bits per heavy atom. The first kappa shape index (κ1) is 18.9. The summed E-state index contributed by atoms with van der Waals surface area (Å²) in [5.74, 6) is 0.695. The summed E-state index contributed by atoms with van der Waals surface area (Å²) in [5, 5.41) is 14.3. The van der Waals surface area contributed by atoms with Crippen LogP contribution in [0.25, 0.3) is 0 Å². The molecule has 1 saturated heterocycles. The third-order valence-electron chi connectivity index (χ3n) is 6.29. The van der Waals surface area contributed by atoms with E-state index in [1.807, 2.05) is 11.1 Å². The zero-order valence-corrected chi connectivity index (χ0v) is 16.5. The van der Waals surface area contributed by atoms with Crippen molar-refractivity contribution >= 4 is 5.91 Å². The van der Waals surface area contributed by atoms with Gasteiger partial charge in [0.2, 0.25) is 5.91 Å². The summed E-state index contributed by atoms with van der Waals surface area (Å²) in [7, 11) is 0. The van der Waals surface area contributed by atoms with Crippen molar-refractivity contribution in [1.29, 1.82) is 5.26 Å². The molecule has 5 heteroatoms. The van der Waals surface area contributed by atoms with Gasteiger partial charge in [-0.05, 0) is 50.5 Å². The van der Waals surface area contributed by atoms with Crippen molar-refractivity contribution in [3.8, 4) is 6.07 Å². The minimum atomic E-state index is -0.762. The van der Waals surface area contributed by atoms with Gasteiger partial charge in [-0.25, -0.2) is 0 Å². The number of hydrogen-bond acceptors (Lipinski definition) is 3. The molecule has 1 saturated carbocycles. The van der Waals surface area contributed by atoms with E-state index in [1.165, 1.54) is 5.56 Å². The minimum Gasteiger partial charge on any atom is -0.341 e. The van der Waals surface area contributed by atoms with Crippen LogP contribution in [0.3, 0.4) is 0 Å². The Labute approximate surface area is 157 Å². The molecule has 1 amide bonds. The topological polar surface area (TPSA) is 61.9 Å². The average molecular weight is 357 g/mol. The van der Waals surface area contributed by atoms with Gasteiger partial charge < -0.3 is 4.90 Å². The van der Waals surface area contributed by atoms with Crippen LogP contribution >= 0.6 is 0 Å². The molecular formula is C21H32N4O. The Morgan fingerprint density at radius 2 is 1.88 bits per heavy atom. The highest BCUT2D eigenvalue weighted by atomic mass is 16.2. The van der Waals surface area contributed by atoms with Gasteiger partial charge in [-0.2, -0.15) is 10.4 Å². The number of hydrogen-bond donors (Lipinski definition) is 0. The highest BCUT2D eigenvalue weighted by Gasteiger charge is 2.44. The molecule has 0 bridgehead atoms. The molecule has 142 valence electrons. The molecular weight excluding hydrogens is 324 g/mol. The van der Waals surface area contributed by atoms with E-state index in [0.29, 0.717) is 5.92 Å². The van der Waals surface area contributed by atoms with E-state index in [2.05, 4.69) is 42.8 Å². The van der Waals surface area contributed by atoms with Gasteiger partial charge in [0.05, 0.1) is 17.8 Å². The molecule has 3 rings (SSSR count). The zero-order chi connectivity index (χ0) is 18.8. The van der Waals surface area contributed by atoms with E-state index >= 15 is 0 Å². The maximum atomic E-state index is 13.1. The van der Waals surface area contributed by atoms with Crippen molar-refractivity contribution in [2.75, 3.05) is 13.1 Å². The molecule has 0 N–H and O–H groups in total. The lowest BCUT2D eigenvalue weighted by Crippen LogP contribution is -2.51. The Balaban J connectivity index is 1.65. The van der Waals surface area contributed by atoms with E-state index in [-0.39, 0.29) is 11.4 Å². The largest absolute Gasteiger partial charge is 0.341 e. The van der Waals surface area contributed by atoms with E-state index in [0.717, 1.165) is 64.5 Å². The van der Waals surface area contributed by atoms with Crippen LogP contribution in [0.5, 0.6) is 0 Å². The lowest BCUT2D eigenvalue weighted by molar-refractivity contribution is -0.142. The van der Waals surface area contributed by atoms with Gasteiger partial charge in [-0.3, -0.25) is 9.48 Å². The standard InChI is InChI=1S/C21H32N4O/c1-17(2)13-18-14-23-25(15-18)20(3)9-11-24(12-10-20)19(26)21(16-22)7-5-4-6-8-21/h14-15,17H,4-13H2,1-3H3. The van der Waals surface area contributed by atoms with Crippen LogP contribution in [0.15, 0.2) is 12.4 Å². The molecule has 1 aromatic heterocycles. The number of likely N-dealkylation sites (tertiary alicyclic amines) is 1. The molecule has 1 aliphatic carbocycles. The molecule has 0 spiro atoms. The number of piperidine rings is 1. The Kier molecular flexibility index (Phi) is 5.41. The van der Waals surface area contributed by atoms with Gasteiger partial charge in [-0.1, -0.05) is 33.1 Å². The van der Waals surface area contributed by atoms with Crippen molar-refractivity contribution < 1.29 is 4.79 Å². The molecule has 5 nitrogen and oxygen atoms in total. The van der Waals surface area contributed by atoms with Crippen LogP contribution in [0.1, 0.15) is 71.3 Å². The second kappa shape index (κ2) is 7.42. The smallest absolute Gasteiger partial charge is 0.243 e. The Morgan fingerprint density at radius 3 is 2.46 bits per heavy atom. The second-order valence-corrected chi connectivity index (χ2v) is 8.93. The van der Waals surface area contributed by atoms with Gasteiger partial charge in [0.1, 0.15) is 5.41 Å². The van der Waals surface area contributed by atoms with Crippen LogP contribution in [0.4, 0.5) is 0 Å². The van der Waals surface area contributed by atoms with E-state index in [1.54, 1.807) is 0 Å². The summed E-state index contributed by atoms with van der Waals surface area (Å²) in [6.45, 7) is 8.12. The fourth-order valence-corrected chi connectivity index (χ4v) is 4.48. The molecule has 2 fully saturated rings. The molecule has 0 unspecified atom stereocenters. The van der Waals surface area contributed by atoms with Crippen LogP contribution in [-0.4, -0.2) is 33.7 Å². The molecule has 0 aromatic carbocycles. The minimum absolute atomic E-state index is 0.0433. The first-order valence-corrected chi connectivity index (χ1v) is 10.1. The predicted molar refractivity (Wildman–Crippen MR) is 101 cm³/mol. The van der Waals surface area contributed by atoms with Crippen molar-refractivity contribution in [3.63, 3.8) is 0 Å². The third-order valence-corrected chi connectivity index (χ3v) is 6.29. The number of aromatic nitrogens is 2. The maximum Gasteiger partial charge on any atom is 0.243 e. The number of carbonyl (C=O) groups excluding carboxylic acids is 1. The fraction of sp³-hybridized carbons (Fsp3) is 0.762. The molecule has 1 aliphatic heterocycles. The predicted octanol–water partition coefficient (Wildman–Crippen LogP) is 3.89. The van der Waals surface area contributed by atoms with Crippen LogP contribution in [0, 0.1) is 22.7 Å². The molecule has 26 heavy (non-hydrogen) atoms. The number of carbonyl (C=O) groups is 1. The maximum absolute atomic E-state index is 13.1. The first-order chi connectivity index (χ1) is 12.4. The Hall–Kier alpha value is -1.83. The van der Waals surface area contributed by atoms with Crippen LogP contribution in [-0.2, 0) is 16.8 Å². The monoisotopic (exact) mass is 356 g/mol. The van der Waals surface area contributed by atoms with Crippen molar-refractivity contribution in [2.24, 2.45) is 11.3 Å². The summed E-state index contributed by atoms with van der Waals surface area (Å²) in [5.41, 5.74) is 0.478. The number of nitrogens with zero attached hydrogens (tertiary/aromatic N) is 4. The van der Waals surface area contributed by atoms with Crippen molar-refractivity contribution in [3.05, 3.63) is 18.0 Å². The SMILES string of the molecule is CC(C)Cc1cnn(C2(C)CCN(C(=O)C3(C#N)CCCCC3)CC2)c1. The molecule has 0 radical (unpaired) electrons. The summed E-state index contributed by atoms with van der Waals surface area (Å²) >= 11 is 0. The van der Waals surface area contributed by atoms with E-state index < -0.39 is 5.41 Å². The van der Waals surface area contributed by atoms with Crippen LogP contribution < -0.4 is 0 Å². The fourth-order valence-electron chi connectivity index (χ4n) is 4.48. The first-order valence-electron chi connectivity index (χ1n) is 10.1. The number of nitriles is 1.